The van der Waals surface area contributed by atoms with E-state index in [2.05, 4.69) is 41.3 Å². The summed E-state index contributed by atoms with van der Waals surface area (Å²) < 4.78 is 0. The van der Waals surface area contributed by atoms with Crippen LogP contribution in [0.5, 0.6) is 0 Å². The average Bonchev–Trinajstić information content (AvgIpc) is 3.08. The van der Waals surface area contributed by atoms with Gasteiger partial charge in [-0.3, -0.25) is 4.79 Å². The highest BCUT2D eigenvalue weighted by Crippen LogP contribution is 2.44. The van der Waals surface area contributed by atoms with Gasteiger partial charge in [0.1, 0.15) is 0 Å². The molecule has 19 heavy (non-hydrogen) atoms. The summed E-state index contributed by atoms with van der Waals surface area (Å²) >= 11 is 0. The fourth-order valence-corrected chi connectivity index (χ4v) is 3.98. The number of nitrogens with zero attached hydrogens (tertiary/aromatic N) is 1. The lowest BCUT2D eigenvalue weighted by atomic mass is 9.91. The van der Waals surface area contributed by atoms with Gasteiger partial charge in [-0.25, -0.2) is 0 Å². The molecule has 0 N–H and O–H groups in total. The number of allylic oxidation sites excluding steroid dienone is 2. The topological polar surface area (TPSA) is 20.3 Å². The quantitative estimate of drug-likeness (QED) is 0.705. The second-order valence-corrected chi connectivity index (χ2v) is 6.17. The largest absolute Gasteiger partial charge is 0.338 e. The van der Waals surface area contributed by atoms with Gasteiger partial charge >= 0.3 is 0 Å². The minimum Gasteiger partial charge on any atom is -0.338 e. The summed E-state index contributed by atoms with van der Waals surface area (Å²) in [6.07, 6.45) is 7.88. The molecular formula is C17H19NO. The predicted molar refractivity (Wildman–Crippen MR) is 74.4 cm³/mol. The van der Waals surface area contributed by atoms with Crippen molar-refractivity contribution in [2.45, 2.75) is 25.8 Å². The van der Waals surface area contributed by atoms with Gasteiger partial charge in [0.05, 0.1) is 0 Å². The van der Waals surface area contributed by atoms with Crippen molar-refractivity contribution in [3.63, 3.8) is 0 Å². The van der Waals surface area contributed by atoms with Gasteiger partial charge in [0.25, 0.3) is 0 Å². The molecular weight excluding hydrogens is 234 g/mol. The predicted octanol–water partition coefficient (Wildman–Crippen LogP) is 2.78. The van der Waals surface area contributed by atoms with E-state index >= 15 is 0 Å². The van der Waals surface area contributed by atoms with Crippen LogP contribution in [0.25, 0.3) is 0 Å². The van der Waals surface area contributed by atoms with Crippen LogP contribution in [-0.2, 0) is 17.8 Å². The zero-order chi connectivity index (χ0) is 12.8. The molecule has 3 aliphatic rings. The molecule has 0 radical (unpaired) electrons. The number of hydrogen-bond donors (Lipinski definition) is 0. The molecule has 0 spiro atoms. The van der Waals surface area contributed by atoms with Gasteiger partial charge < -0.3 is 4.90 Å². The van der Waals surface area contributed by atoms with Crippen molar-refractivity contribution >= 4 is 5.91 Å². The van der Waals surface area contributed by atoms with Gasteiger partial charge in [0.2, 0.25) is 5.91 Å². The van der Waals surface area contributed by atoms with Crippen LogP contribution in [0.15, 0.2) is 36.4 Å². The van der Waals surface area contributed by atoms with E-state index in [4.69, 9.17) is 0 Å². The second-order valence-electron chi connectivity index (χ2n) is 6.17. The van der Waals surface area contributed by atoms with Crippen molar-refractivity contribution < 1.29 is 4.79 Å². The zero-order valence-corrected chi connectivity index (χ0v) is 11.1. The number of carbonyl (C=O) groups excluding carboxylic acids is 1. The molecule has 2 bridgehead atoms. The molecule has 4 rings (SSSR count). The monoisotopic (exact) mass is 253 g/mol. The summed E-state index contributed by atoms with van der Waals surface area (Å²) in [5.74, 6) is 1.86. The van der Waals surface area contributed by atoms with Crippen LogP contribution in [0.3, 0.4) is 0 Å². The maximum Gasteiger partial charge on any atom is 0.226 e. The third-order valence-electron chi connectivity index (χ3n) is 5.04. The van der Waals surface area contributed by atoms with Crippen molar-refractivity contribution in [1.29, 1.82) is 0 Å². The van der Waals surface area contributed by atoms with E-state index in [9.17, 15) is 4.79 Å². The van der Waals surface area contributed by atoms with Crippen molar-refractivity contribution in [2.75, 3.05) is 6.54 Å². The van der Waals surface area contributed by atoms with Crippen molar-refractivity contribution in [3.8, 4) is 0 Å². The number of amides is 1. The highest BCUT2D eigenvalue weighted by molar-refractivity contribution is 5.80. The minimum atomic E-state index is 0.264. The van der Waals surface area contributed by atoms with Crippen LogP contribution in [-0.4, -0.2) is 17.4 Å². The molecule has 1 saturated carbocycles. The number of carbonyl (C=O) groups is 1. The van der Waals surface area contributed by atoms with Gasteiger partial charge in [-0.2, -0.15) is 0 Å². The maximum atomic E-state index is 12.7. The molecule has 1 aliphatic heterocycles. The van der Waals surface area contributed by atoms with Crippen LogP contribution < -0.4 is 0 Å². The third-order valence-corrected chi connectivity index (χ3v) is 5.04. The molecule has 1 heterocycles. The molecule has 0 saturated heterocycles. The van der Waals surface area contributed by atoms with E-state index in [-0.39, 0.29) is 5.92 Å². The molecule has 2 nitrogen and oxygen atoms in total. The van der Waals surface area contributed by atoms with E-state index in [1.165, 1.54) is 17.5 Å². The molecule has 3 unspecified atom stereocenters. The van der Waals surface area contributed by atoms with E-state index < -0.39 is 0 Å². The Kier molecular flexibility index (Phi) is 2.51. The number of rotatable bonds is 1. The van der Waals surface area contributed by atoms with E-state index in [1.807, 2.05) is 0 Å². The molecule has 2 heteroatoms. The average molecular weight is 253 g/mol. The Morgan fingerprint density at radius 1 is 1.11 bits per heavy atom. The first-order chi connectivity index (χ1) is 9.31. The number of benzene rings is 1. The number of hydrogen-bond acceptors (Lipinski definition) is 1. The first-order valence-corrected chi connectivity index (χ1v) is 7.35. The van der Waals surface area contributed by atoms with Crippen LogP contribution in [0.1, 0.15) is 24.0 Å². The van der Waals surface area contributed by atoms with Crippen LogP contribution >= 0.6 is 0 Å². The summed E-state index contributed by atoms with van der Waals surface area (Å²) in [4.78, 5) is 14.8. The van der Waals surface area contributed by atoms with Crippen molar-refractivity contribution in [1.82, 2.24) is 4.90 Å². The summed E-state index contributed by atoms with van der Waals surface area (Å²) in [5.41, 5.74) is 2.75. The van der Waals surface area contributed by atoms with E-state index in [0.29, 0.717) is 17.7 Å². The van der Waals surface area contributed by atoms with E-state index in [0.717, 1.165) is 25.9 Å². The Bertz CT molecular complexity index is 548. The SMILES string of the molecule is O=C(C1CC2C=CC1C2)N1CCc2ccccc2C1. The second kappa shape index (κ2) is 4.22. The van der Waals surface area contributed by atoms with E-state index in [1.54, 1.807) is 0 Å². The van der Waals surface area contributed by atoms with Crippen molar-refractivity contribution in [2.24, 2.45) is 17.8 Å². The first kappa shape index (κ1) is 11.3. The van der Waals surface area contributed by atoms with Gasteiger partial charge in [-0.05, 0) is 42.2 Å². The lowest BCUT2D eigenvalue weighted by molar-refractivity contribution is -0.137. The summed E-state index contributed by atoms with van der Waals surface area (Å²) in [6, 6.07) is 8.52. The van der Waals surface area contributed by atoms with Gasteiger partial charge in [0, 0.05) is 19.0 Å². The molecule has 1 aromatic rings. The van der Waals surface area contributed by atoms with Gasteiger partial charge in [-0.1, -0.05) is 36.4 Å². The van der Waals surface area contributed by atoms with Gasteiger partial charge in [0.15, 0.2) is 0 Å². The Morgan fingerprint density at radius 2 is 1.95 bits per heavy atom. The smallest absolute Gasteiger partial charge is 0.226 e. The molecule has 2 aliphatic carbocycles. The first-order valence-electron chi connectivity index (χ1n) is 7.35. The van der Waals surface area contributed by atoms with Gasteiger partial charge in [-0.15, -0.1) is 0 Å². The highest BCUT2D eigenvalue weighted by Gasteiger charge is 2.41. The highest BCUT2D eigenvalue weighted by atomic mass is 16.2. The normalized spacial score (nSPS) is 31.6. The van der Waals surface area contributed by atoms with Crippen LogP contribution in [0.4, 0.5) is 0 Å². The standard InChI is InChI=1S/C17H19NO/c19-17(16-10-12-5-6-14(16)9-12)18-8-7-13-3-1-2-4-15(13)11-18/h1-6,12,14,16H,7-11H2. The Labute approximate surface area is 114 Å². The molecule has 1 fully saturated rings. The summed E-state index contributed by atoms with van der Waals surface area (Å²) in [6.45, 7) is 1.71. The van der Waals surface area contributed by atoms with Crippen LogP contribution in [0, 0.1) is 17.8 Å². The summed E-state index contributed by atoms with van der Waals surface area (Å²) in [5, 5.41) is 0. The Morgan fingerprint density at radius 3 is 2.68 bits per heavy atom. The Balaban J connectivity index is 1.52. The molecule has 3 atom stereocenters. The molecule has 1 aromatic carbocycles. The van der Waals surface area contributed by atoms with Crippen LogP contribution in [0.2, 0.25) is 0 Å². The fourth-order valence-electron chi connectivity index (χ4n) is 3.98. The lowest BCUT2D eigenvalue weighted by Gasteiger charge is -2.32. The zero-order valence-electron chi connectivity index (χ0n) is 11.1. The fraction of sp³-hybridized carbons (Fsp3) is 0.471. The Hall–Kier alpha value is -1.57. The lowest BCUT2D eigenvalue weighted by Crippen LogP contribution is -2.40. The third kappa shape index (κ3) is 1.81. The molecule has 1 amide bonds. The summed E-state index contributed by atoms with van der Waals surface area (Å²) in [7, 11) is 0. The molecule has 0 aromatic heterocycles. The number of fused-ring (bicyclic) bond motifs is 3. The molecule has 98 valence electrons. The van der Waals surface area contributed by atoms with Crippen molar-refractivity contribution in [3.05, 3.63) is 47.5 Å². The minimum absolute atomic E-state index is 0.264. The maximum absolute atomic E-state index is 12.7.